The number of benzene rings is 3. The van der Waals surface area contributed by atoms with Crippen molar-refractivity contribution in [3.05, 3.63) is 117 Å². The van der Waals surface area contributed by atoms with Crippen LogP contribution in [0.5, 0.6) is 0 Å². The molecule has 1 aliphatic rings. The summed E-state index contributed by atoms with van der Waals surface area (Å²) in [7, 11) is 0. The van der Waals surface area contributed by atoms with E-state index >= 15 is 0 Å². The van der Waals surface area contributed by atoms with Crippen LogP contribution in [0.4, 0.5) is 13.2 Å². The van der Waals surface area contributed by atoms with Gasteiger partial charge in [-0.15, -0.1) is 0 Å². The molecule has 5 rings (SSSR count). The number of halogens is 5. The number of hydrogen-bond donors (Lipinski definition) is 1. The van der Waals surface area contributed by atoms with E-state index in [2.05, 4.69) is 22.0 Å². The first kappa shape index (κ1) is 29.1. The Morgan fingerprint density at radius 2 is 1.59 bits per heavy atom. The monoisotopic (exact) mass is 598 g/mol. The molecule has 0 radical (unpaired) electrons. The third-order valence-corrected chi connectivity index (χ3v) is 7.99. The van der Waals surface area contributed by atoms with E-state index in [1.54, 1.807) is 0 Å². The van der Waals surface area contributed by atoms with Gasteiger partial charge in [0.25, 0.3) is 0 Å². The molecule has 5 nitrogen and oxygen atoms in total. The summed E-state index contributed by atoms with van der Waals surface area (Å²) in [5.74, 6) is -1.43. The van der Waals surface area contributed by atoms with E-state index in [9.17, 15) is 23.2 Å². The number of carbonyl (C=O) groups is 1. The lowest BCUT2D eigenvalue weighted by molar-refractivity contribution is -0.138. The molecule has 1 N–H and O–H groups in total. The van der Waals surface area contributed by atoms with Gasteiger partial charge in [-0.2, -0.15) is 13.2 Å². The number of nitrogens with zero attached hydrogens (tertiary/aromatic N) is 2. The number of alkyl halides is 3. The largest absolute Gasteiger partial charge is 0.759 e. The Balaban J connectivity index is 1.39. The Labute approximate surface area is 245 Å². The summed E-state index contributed by atoms with van der Waals surface area (Å²) in [6.07, 6.45) is -2.43. The molecule has 3 aromatic carbocycles. The maximum absolute atomic E-state index is 14.3. The van der Waals surface area contributed by atoms with E-state index in [1.807, 2.05) is 36.4 Å². The first-order valence-corrected chi connectivity index (χ1v) is 13.8. The number of hydroxylamine groups is 1. The number of piperidine rings is 1. The average Bonchev–Trinajstić information content (AvgIpc) is 2.97. The summed E-state index contributed by atoms with van der Waals surface area (Å²) in [4.78, 5) is 18.5. The second-order valence-corrected chi connectivity index (χ2v) is 10.8. The van der Waals surface area contributed by atoms with Crippen LogP contribution in [0, 0.1) is 5.21 Å². The number of amides is 1. The SMILES string of the molecule is O=C(N[O-])c1ccnc(Cl)c1-c1cccc(C(F)(F)F)c1C1CCN(Cc2ccc(-c3ccc(Cl)cc3)cc2)CC1. The normalized spacial score (nSPS) is 14.7. The molecular weight excluding hydrogens is 574 g/mol. The van der Waals surface area contributed by atoms with Crippen LogP contribution in [0.1, 0.15) is 45.8 Å². The maximum Gasteiger partial charge on any atom is 0.416 e. The molecule has 1 amide bonds. The van der Waals surface area contributed by atoms with Crippen molar-refractivity contribution in [3.8, 4) is 22.3 Å². The molecule has 2 heterocycles. The molecule has 0 bridgehead atoms. The van der Waals surface area contributed by atoms with Crippen molar-refractivity contribution in [2.45, 2.75) is 31.5 Å². The van der Waals surface area contributed by atoms with Crippen molar-refractivity contribution in [2.75, 3.05) is 13.1 Å². The van der Waals surface area contributed by atoms with Crippen LogP contribution in [0.25, 0.3) is 22.3 Å². The van der Waals surface area contributed by atoms with Crippen molar-refractivity contribution >= 4 is 29.1 Å². The molecule has 1 fully saturated rings. The summed E-state index contributed by atoms with van der Waals surface area (Å²) in [5.41, 5.74) is 3.88. The van der Waals surface area contributed by atoms with Crippen LogP contribution in [0.15, 0.2) is 79.0 Å². The molecule has 4 aromatic rings. The van der Waals surface area contributed by atoms with Gasteiger partial charge in [0, 0.05) is 23.3 Å². The summed E-state index contributed by atoms with van der Waals surface area (Å²) in [5, 5.41) is 11.7. The lowest BCUT2D eigenvalue weighted by Gasteiger charge is -2.34. The van der Waals surface area contributed by atoms with Crippen LogP contribution in [0.2, 0.25) is 10.2 Å². The molecule has 0 saturated carbocycles. The van der Waals surface area contributed by atoms with Crippen LogP contribution in [-0.4, -0.2) is 28.9 Å². The second-order valence-electron chi connectivity index (χ2n) is 9.97. The van der Waals surface area contributed by atoms with Crippen LogP contribution < -0.4 is 5.48 Å². The fourth-order valence-corrected chi connectivity index (χ4v) is 5.88. The molecular formula is C31H25Cl2F3N3O2-. The Morgan fingerprint density at radius 1 is 0.951 bits per heavy atom. The van der Waals surface area contributed by atoms with Crippen molar-refractivity contribution in [1.29, 1.82) is 0 Å². The maximum atomic E-state index is 14.3. The van der Waals surface area contributed by atoms with E-state index in [1.165, 1.54) is 29.9 Å². The minimum absolute atomic E-state index is 0.0202. The van der Waals surface area contributed by atoms with Gasteiger partial charge in [-0.3, -0.25) is 9.69 Å². The van der Waals surface area contributed by atoms with Gasteiger partial charge in [0.1, 0.15) is 5.15 Å². The lowest BCUT2D eigenvalue weighted by Crippen LogP contribution is -2.33. The van der Waals surface area contributed by atoms with Crippen molar-refractivity contribution < 1.29 is 18.0 Å². The quantitative estimate of drug-likeness (QED) is 0.179. The highest BCUT2D eigenvalue weighted by Gasteiger charge is 2.38. The standard InChI is InChI=1S/C31H25Cl2F3N3O2/c32-23-10-8-21(9-11-23)20-6-4-19(5-7-20)18-39-16-13-22(14-17-39)27-24(2-1-3-26(27)31(34,35)36)28-25(30(40)38-41)12-15-37-29(28)33/h1-12,15,22H,13-14,16-18H2,(H-,37,38,40,41)/q-1. The highest BCUT2D eigenvalue weighted by molar-refractivity contribution is 6.33. The van der Waals surface area contributed by atoms with Gasteiger partial charge in [-0.1, -0.05) is 71.7 Å². The first-order chi connectivity index (χ1) is 19.7. The van der Waals surface area contributed by atoms with E-state index in [4.69, 9.17) is 23.2 Å². The highest BCUT2D eigenvalue weighted by atomic mass is 35.5. The van der Waals surface area contributed by atoms with E-state index < -0.39 is 23.6 Å². The highest BCUT2D eigenvalue weighted by Crippen LogP contribution is 2.45. The van der Waals surface area contributed by atoms with Gasteiger partial charge in [0.2, 0.25) is 5.91 Å². The number of aromatic nitrogens is 1. The Kier molecular flexibility index (Phi) is 8.66. The van der Waals surface area contributed by atoms with Crippen LogP contribution in [0.3, 0.4) is 0 Å². The fraction of sp³-hybridized carbons (Fsp3) is 0.226. The zero-order chi connectivity index (χ0) is 29.1. The molecule has 1 saturated heterocycles. The zero-order valence-corrected chi connectivity index (χ0v) is 23.2. The average molecular weight is 599 g/mol. The summed E-state index contributed by atoms with van der Waals surface area (Å²) >= 11 is 12.3. The second kappa shape index (κ2) is 12.2. The van der Waals surface area contributed by atoms with E-state index in [0.717, 1.165) is 22.8 Å². The summed E-state index contributed by atoms with van der Waals surface area (Å²) in [6.45, 7) is 1.84. The van der Waals surface area contributed by atoms with Gasteiger partial charge in [0.05, 0.1) is 11.1 Å². The predicted octanol–water partition coefficient (Wildman–Crippen LogP) is 8.35. The number of nitrogens with one attached hydrogen (secondary N) is 1. The molecule has 10 heteroatoms. The number of rotatable bonds is 6. The van der Waals surface area contributed by atoms with Crippen molar-refractivity contribution in [2.24, 2.45) is 0 Å². The smallest absolute Gasteiger partial charge is 0.416 e. The first-order valence-electron chi connectivity index (χ1n) is 13.0. The molecule has 212 valence electrons. The third kappa shape index (κ3) is 6.41. The molecule has 0 atom stereocenters. The number of likely N-dealkylation sites (tertiary alicyclic amines) is 1. The molecule has 1 aromatic heterocycles. The number of hydrogen-bond acceptors (Lipinski definition) is 4. The molecule has 41 heavy (non-hydrogen) atoms. The van der Waals surface area contributed by atoms with Crippen molar-refractivity contribution in [3.63, 3.8) is 0 Å². The third-order valence-electron chi connectivity index (χ3n) is 7.46. The minimum atomic E-state index is -4.62. The molecule has 0 unspecified atom stereocenters. The summed E-state index contributed by atoms with van der Waals surface area (Å²) in [6, 6.07) is 20.9. The topological polar surface area (TPSA) is 68.3 Å². The van der Waals surface area contributed by atoms with Crippen LogP contribution >= 0.6 is 23.2 Å². The number of carbonyl (C=O) groups excluding carboxylic acids is 1. The zero-order valence-electron chi connectivity index (χ0n) is 21.7. The predicted molar refractivity (Wildman–Crippen MR) is 155 cm³/mol. The van der Waals surface area contributed by atoms with Gasteiger partial charge >= 0.3 is 6.18 Å². The van der Waals surface area contributed by atoms with Gasteiger partial charge in [0.15, 0.2) is 0 Å². The lowest BCUT2D eigenvalue weighted by atomic mass is 9.81. The fourth-order valence-electron chi connectivity index (χ4n) is 5.49. The van der Waals surface area contributed by atoms with E-state index in [0.29, 0.717) is 37.5 Å². The number of pyridine rings is 1. The minimum Gasteiger partial charge on any atom is -0.759 e. The van der Waals surface area contributed by atoms with Crippen LogP contribution in [-0.2, 0) is 12.7 Å². The van der Waals surface area contributed by atoms with Gasteiger partial charge < -0.3 is 10.7 Å². The van der Waals surface area contributed by atoms with Gasteiger partial charge in [-0.25, -0.2) is 4.98 Å². The van der Waals surface area contributed by atoms with Crippen molar-refractivity contribution in [1.82, 2.24) is 15.4 Å². The van der Waals surface area contributed by atoms with Gasteiger partial charge in [-0.05, 0) is 83.9 Å². The Morgan fingerprint density at radius 3 is 2.20 bits per heavy atom. The molecule has 1 aliphatic heterocycles. The Bertz CT molecular complexity index is 1540. The summed E-state index contributed by atoms with van der Waals surface area (Å²) < 4.78 is 42.8. The molecule has 0 aliphatic carbocycles. The molecule has 0 spiro atoms. The van der Waals surface area contributed by atoms with E-state index in [-0.39, 0.29) is 27.4 Å². The Hall–Kier alpha value is -3.43.